The molecule has 2 aromatic rings. The van der Waals surface area contributed by atoms with Crippen molar-refractivity contribution in [3.05, 3.63) is 47.9 Å². The van der Waals surface area contributed by atoms with Crippen molar-refractivity contribution >= 4 is 21.6 Å². The quantitative estimate of drug-likeness (QED) is 0.665. The fourth-order valence-corrected chi connectivity index (χ4v) is 2.57. The number of hydrogen-bond donors (Lipinski definition) is 1. The maximum atomic E-state index is 5.81. The molecule has 0 saturated carbocycles. The predicted molar refractivity (Wildman–Crippen MR) is 89.0 cm³/mol. The molecule has 3 rings (SSSR count). The summed E-state index contributed by atoms with van der Waals surface area (Å²) in [5, 5.41) is 8.21. The Morgan fingerprint density at radius 3 is 3.00 bits per heavy atom. The summed E-state index contributed by atoms with van der Waals surface area (Å²) in [5.41, 5.74) is 8.36. The van der Waals surface area contributed by atoms with Gasteiger partial charge in [-0.15, -0.1) is 10.2 Å². The Morgan fingerprint density at radius 2 is 2.27 bits per heavy atom. The number of aromatic nitrogens is 2. The van der Waals surface area contributed by atoms with Gasteiger partial charge in [-0.1, -0.05) is 34.2 Å². The summed E-state index contributed by atoms with van der Waals surface area (Å²) in [6.07, 6.45) is 7.99. The zero-order valence-corrected chi connectivity index (χ0v) is 13.7. The number of anilines is 1. The summed E-state index contributed by atoms with van der Waals surface area (Å²) in [6.45, 7) is 0. The topological polar surface area (TPSA) is 74.2 Å². The van der Waals surface area contributed by atoms with Crippen molar-refractivity contribution in [1.82, 2.24) is 10.2 Å². The van der Waals surface area contributed by atoms with E-state index in [0.717, 1.165) is 12.0 Å². The van der Waals surface area contributed by atoms with E-state index >= 15 is 0 Å². The average Bonchev–Trinajstić information content (AvgIpc) is 2.98. The Hall–Kier alpha value is -2.08. The number of hydrogen-bond acceptors (Lipinski definition) is 5. The van der Waals surface area contributed by atoms with E-state index in [0.29, 0.717) is 34.5 Å². The molecule has 0 fully saturated rings. The maximum absolute atomic E-state index is 5.81. The van der Waals surface area contributed by atoms with Crippen LogP contribution in [0.1, 0.15) is 12.3 Å². The first-order valence-electron chi connectivity index (χ1n) is 6.93. The second kappa shape index (κ2) is 6.36. The van der Waals surface area contributed by atoms with Gasteiger partial charge in [-0.3, -0.25) is 0 Å². The second-order valence-corrected chi connectivity index (χ2v) is 6.20. The van der Waals surface area contributed by atoms with Crippen molar-refractivity contribution in [2.75, 3.05) is 12.8 Å². The van der Waals surface area contributed by atoms with Gasteiger partial charge in [-0.2, -0.15) is 0 Å². The van der Waals surface area contributed by atoms with Crippen LogP contribution < -0.4 is 10.5 Å². The lowest BCUT2D eigenvalue weighted by molar-refractivity contribution is 0.417. The minimum absolute atomic E-state index is 0.414. The number of nitrogens with zero attached hydrogens (tertiary/aromatic N) is 2. The summed E-state index contributed by atoms with van der Waals surface area (Å²) in [5.74, 6) is 1.65. The molecule has 1 unspecified atom stereocenters. The fraction of sp³-hybridized carbons (Fsp3) is 0.250. The first-order chi connectivity index (χ1) is 10.7. The minimum atomic E-state index is 0.414. The van der Waals surface area contributed by atoms with Gasteiger partial charge in [0.1, 0.15) is 5.75 Å². The Kier molecular flexibility index (Phi) is 4.29. The van der Waals surface area contributed by atoms with Crippen molar-refractivity contribution in [3.8, 4) is 17.2 Å². The lowest BCUT2D eigenvalue weighted by Gasteiger charge is -2.08. The molecule has 22 heavy (non-hydrogen) atoms. The van der Waals surface area contributed by atoms with E-state index < -0.39 is 0 Å². The van der Waals surface area contributed by atoms with Gasteiger partial charge >= 0.3 is 0 Å². The maximum Gasteiger partial charge on any atom is 0.247 e. The molecule has 0 spiro atoms. The normalized spacial score (nSPS) is 17.4. The van der Waals surface area contributed by atoms with Gasteiger partial charge in [0, 0.05) is 10.4 Å². The zero-order chi connectivity index (χ0) is 15.5. The van der Waals surface area contributed by atoms with E-state index in [2.05, 4.69) is 44.4 Å². The third-order valence-electron chi connectivity index (χ3n) is 3.43. The summed E-state index contributed by atoms with van der Waals surface area (Å²) in [7, 11) is 1.58. The van der Waals surface area contributed by atoms with Crippen LogP contribution in [0.2, 0.25) is 0 Å². The summed E-state index contributed by atoms with van der Waals surface area (Å²) in [4.78, 5) is 0.414. The zero-order valence-electron chi connectivity index (χ0n) is 12.1. The van der Waals surface area contributed by atoms with Gasteiger partial charge in [0.15, 0.2) is 0 Å². The molecule has 0 amide bonds. The number of alkyl halides is 1. The fourth-order valence-electron chi connectivity index (χ4n) is 2.23. The Morgan fingerprint density at radius 1 is 1.41 bits per heavy atom. The lowest BCUT2D eigenvalue weighted by Crippen LogP contribution is -1.99. The molecular weight excluding hydrogens is 346 g/mol. The first-order valence-corrected chi connectivity index (χ1v) is 7.85. The monoisotopic (exact) mass is 361 g/mol. The Labute approximate surface area is 137 Å². The van der Waals surface area contributed by atoms with E-state index in [1.165, 1.54) is 5.57 Å². The van der Waals surface area contributed by atoms with Crippen LogP contribution in [0.4, 0.5) is 5.69 Å². The number of allylic oxidation sites excluding steroid dienone is 4. The summed E-state index contributed by atoms with van der Waals surface area (Å²) in [6, 6.07) is 5.40. The van der Waals surface area contributed by atoms with Gasteiger partial charge in [0.25, 0.3) is 0 Å². The predicted octanol–water partition coefficient (Wildman–Crippen LogP) is 3.52. The molecule has 0 saturated heterocycles. The van der Waals surface area contributed by atoms with Crippen molar-refractivity contribution in [1.29, 1.82) is 0 Å². The first kappa shape index (κ1) is 14.8. The molecule has 114 valence electrons. The Balaban J connectivity index is 1.78. The molecule has 1 aliphatic carbocycles. The second-order valence-electron chi connectivity index (χ2n) is 5.02. The largest absolute Gasteiger partial charge is 0.495 e. The molecule has 0 bridgehead atoms. The summed E-state index contributed by atoms with van der Waals surface area (Å²) >= 11 is 3.55. The minimum Gasteiger partial charge on any atom is -0.495 e. The van der Waals surface area contributed by atoms with E-state index in [4.69, 9.17) is 14.9 Å². The lowest BCUT2D eigenvalue weighted by atomic mass is 10.0. The molecule has 1 aromatic carbocycles. The molecule has 1 atom stereocenters. The average molecular weight is 362 g/mol. The highest BCUT2D eigenvalue weighted by Crippen LogP contribution is 2.28. The smallest absolute Gasteiger partial charge is 0.247 e. The molecule has 0 aliphatic heterocycles. The SMILES string of the molecule is COc1cc(-c2nnc(CC3=CCC(Br)C=C3)o2)ccc1N. The van der Waals surface area contributed by atoms with Crippen molar-refractivity contribution in [2.24, 2.45) is 0 Å². The highest BCUT2D eigenvalue weighted by molar-refractivity contribution is 9.09. The number of halogens is 1. The standard InChI is InChI=1S/C16H16BrN3O2/c1-21-14-9-11(4-7-13(14)18)16-20-19-15(22-16)8-10-2-5-12(17)6-3-10/h2-5,7,9,12H,6,8,18H2,1H3. The molecule has 0 radical (unpaired) electrons. The van der Waals surface area contributed by atoms with Crippen molar-refractivity contribution < 1.29 is 9.15 Å². The highest BCUT2D eigenvalue weighted by Gasteiger charge is 2.13. The number of methoxy groups -OCH3 is 1. The van der Waals surface area contributed by atoms with Crippen LogP contribution in [0, 0.1) is 0 Å². The number of ether oxygens (including phenoxy) is 1. The van der Waals surface area contributed by atoms with Crippen molar-refractivity contribution in [2.45, 2.75) is 17.7 Å². The van der Waals surface area contributed by atoms with Gasteiger partial charge < -0.3 is 14.9 Å². The molecule has 1 aliphatic rings. The number of rotatable bonds is 4. The van der Waals surface area contributed by atoms with Gasteiger partial charge in [-0.25, -0.2) is 0 Å². The molecule has 1 heterocycles. The molecular formula is C16H16BrN3O2. The number of benzene rings is 1. The van der Waals surface area contributed by atoms with Gasteiger partial charge in [-0.05, 0) is 30.2 Å². The highest BCUT2D eigenvalue weighted by atomic mass is 79.9. The van der Waals surface area contributed by atoms with Crippen molar-refractivity contribution in [3.63, 3.8) is 0 Å². The van der Waals surface area contributed by atoms with Crippen LogP contribution >= 0.6 is 15.9 Å². The number of nitrogen functional groups attached to an aromatic ring is 1. The van der Waals surface area contributed by atoms with E-state index in [9.17, 15) is 0 Å². The molecule has 6 heteroatoms. The summed E-state index contributed by atoms with van der Waals surface area (Å²) < 4.78 is 10.9. The van der Waals surface area contributed by atoms with Crippen LogP contribution in [0.15, 0.2) is 46.4 Å². The molecule has 1 aromatic heterocycles. The molecule has 2 N–H and O–H groups in total. The molecule has 5 nitrogen and oxygen atoms in total. The van der Waals surface area contributed by atoms with Crippen LogP contribution in [0.3, 0.4) is 0 Å². The van der Waals surface area contributed by atoms with Gasteiger partial charge in [0.05, 0.1) is 19.2 Å². The Bertz CT molecular complexity index is 737. The van der Waals surface area contributed by atoms with E-state index in [1.807, 2.05) is 6.07 Å². The third-order valence-corrected chi connectivity index (χ3v) is 4.11. The van der Waals surface area contributed by atoms with Crippen LogP contribution in [0.25, 0.3) is 11.5 Å². The van der Waals surface area contributed by atoms with E-state index in [1.54, 1.807) is 19.2 Å². The third kappa shape index (κ3) is 3.22. The number of nitrogens with two attached hydrogens (primary N) is 1. The van der Waals surface area contributed by atoms with Gasteiger partial charge in [0.2, 0.25) is 11.8 Å². The van der Waals surface area contributed by atoms with E-state index in [-0.39, 0.29) is 0 Å². The van der Waals surface area contributed by atoms with Crippen LogP contribution in [-0.4, -0.2) is 22.1 Å². The van der Waals surface area contributed by atoms with Crippen LogP contribution in [-0.2, 0) is 6.42 Å². The van der Waals surface area contributed by atoms with Crippen LogP contribution in [0.5, 0.6) is 5.75 Å².